The van der Waals surface area contributed by atoms with Gasteiger partial charge in [0.1, 0.15) is 0 Å². The monoisotopic (exact) mass is 216 g/mol. The van der Waals surface area contributed by atoms with E-state index in [0.29, 0.717) is 0 Å². The van der Waals surface area contributed by atoms with Crippen molar-refractivity contribution in [1.82, 2.24) is 4.90 Å². The molecule has 0 amide bonds. The van der Waals surface area contributed by atoms with Crippen LogP contribution in [0.1, 0.15) is 0 Å². The van der Waals surface area contributed by atoms with E-state index >= 15 is 0 Å². The molecule has 0 spiro atoms. The topological polar surface area (TPSA) is 47.7 Å². The molecule has 0 aliphatic rings. The minimum Gasteiger partial charge on any atom is -0.383 e. The van der Waals surface area contributed by atoms with Crippen LogP contribution in [0.2, 0.25) is 0 Å². The quantitative estimate of drug-likeness (QED) is 0.625. The zero-order chi connectivity index (χ0) is 11.0. The van der Waals surface area contributed by atoms with Crippen LogP contribution in [0, 0.1) is 0 Å². The van der Waals surface area contributed by atoms with Crippen molar-refractivity contribution in [3.63, 3.8) is 0 Å². The molecule has 14 heavy (non-hydrogen) atoms. The Bertz CT molecular complexity index is 135. The van der Waals surface area contributed by atoms with Crippen LogP contribution in [0.4, 0.5) is 13.2 Å². The van der Waals surface area contributed by atoms with Gasteiger partial charge in [-0.15, -0.1) is 0 Å². The molecule has 0 aliphatic heterocycles. The normalized spacial score (nSPS) is 12.4. The van der Waals surface area contributed by atoms with E-state index in [1.165, 1.54) is 12.0 Å². The predicted octanol–water partition coefficient (Wildman–Crippen LogP) is 0.387. The van der Waals surface area contributed by atoms with E-state index in [4.69, 9.17) is 5.90 Å². The van der Waals surface area contributed by atoms with Gasteiger partial charge in [-0.2, -0.15) is 13.2 Å². The van der Waals surface area contributed by atoms with Gasteiger partial charge in [-0.3, -0.25) is 4.90 Å². The van der Waals surface area contributed by atoms with Gasteiger partial charge in [-0.25, -0.2) is 5.90 Å². The Morgan fingerprint density at radius 3 is 2.21 bits per heavy atom. The smallest absolute Gasteiger partial charge is 0.383 e. The number of methoxy groups -OCH3 is 1. The zero-order valence-corrected chi connectivity index (χ0v) is 8.01. The van der Waals surface area contributed by atoms with Gasteiger partial charge in [0, 0.05) is 20.2 Å². The Morgan fingerprint density at radius 2 is 1.79 bits per heavy atom. The molecule has 0 saturated heterocycles. The third-order valence-electron chi connectivity index (χ3n) is 1.54. The van der Waals surface area contributed by atoms with E-state index in [1.54, 1.807) is 0 Å². The second-order valence-electron chi connectivity index (χ2n) is 2.75. The Morgan fingerprint density at radius 1 is 1.21 bits per heavy atom. The van der Waals surface area contributed by atoms with Gasteiger partial charge in [-0.1, -0.05) is 0 Å². The summed E-state index contributed by atoms with van der Waals surface area (Å²) < 4.78 is 40.7. The second-order valence-corrected chi connectivity index (χ2v) is 2.75. The molecule has 0 unspecified atom stereocenters. The molecule has 0 aromatic rings. The van der Waals surface area contributed by atoms with Gasteiger partial charge >= 0.3 is 6.18 Å². The lowest BCUT2D eigenvalue weighted by Crippen LogP contribution is -2.38. The van der Waals surface area contributed by atoms with Crippen molar-refractivity contribution in [3.8, 4) is 0 Å². The summed E-state index contributed by atoms with van der Waals surface area (Å²) in [5.41, 5.74) is 0. The first-order valence-electron chi connectivity index (χ1n) is 4.09. The average molecular weight is 216 g/mol. The SMILES string of the molecule is COCCN(CCON)CC(F)(F)F. The number of hydrogen-bond donors (Lipinski definition) is 1. The van der Waals surface area contributed by atoms with Crippen LogP contribution in [0.15, 0.2) is 0 Å². The second kappa shape index (κ2) is 6.99. The van der Waals surface area contributed by atoms with Crippen molar-refractivity contribution in [2.75, 3.05) is 40.0 Å². The first kappa shape index (κ1) is 13.6. The molecule has 0 fully saturated rings. The lowest BCUT2D eigenvalue weighted by molar-refractivity contribution is -0.148. The summed E-state index contributed by atoms with van der Waals surface area (Å²) in [7, 11) is 1.44. The van der Waals surface area contributed by atoms with Gasteiger partial charge in [0.05, 0.1) is 19.8 Å². The van der Waals surface area contributed by atoms with E-state index in [2.05, 4.69) is 9.57 Å². The highest BCUT2D eigenvalue weighted by Gasteiger charge is 2.30. The largest absolute Gasteiger partial charge is 0.401 e. The molecular weight excluding hydrogens is 201 g/mol. The number of rotatable bonds is 7. The molecule has 0 atom stereocenters. The minimum absolute atomic E-state index is 0.0692. The molecular formula is C7H15F3N2O2. The number of nitrogens with zero attached hydrogens (tertiary/aromatic N) is 1. The standard InChI is InChI=1S/C7H15F3N2O2/c1-13-4-2-12(3-5-14-11)6-7(8,9)10/h2-6,11H2,1H3. The molecule has 2 N–H and O–H groups in total. The lowest BCUT2D eigenvalue weighted by Gasteiger charge is -2.22. The third kappa shape index (κ3) is 8.24. The van der Waals surface area contributed by atoms with Crippen LogP contribution < -0.4 is 5.90 Å². The van der Waals surface area contributed by atoms with E-state index in [-0.39, 0.29) is 26.3 Å². The Balaban J connectivity index is 3.84. The zero-order valence-electron chi connectivity index (χ0n) is 8.01. The molecule has 4 nitrogen and oxygen atoms in total. The molecule has 0 radical (unpaired) electrons. The number of ether oxygens (including phenoxy) is 1. The van der Waals surface area contributed by atoms with Crippen molar-refractivity contribution in [1.29, 1.82) is 0 Å². The maximum absolute atomic E-state index is 12.0. The summed E-state index contributed by atoms with van der Waals surface area (Å²) in [6, 6.07) is 0. The third-order valence-corrected chi connectivity index (χ3v) is 1.54. The Hall–Kier alpha value is -0.370. The fourth-order valence-corrected chi connectivity index (χ4v) is 0.926. The summed E-state index contributed by atoms with van der Waals surface area (Å²) in [4.78, 5) is 5.39. The number of nitrogens with two attached hydrogens (primary N) is 1. The molecule has 86 valence electrons. The first-order chi connectivity index (χ1) is 6.49. The average Bonchev–Trinajstić information content (AvgIpc) is 2.07. The van der Waals surface area contributed by atoms with Crippen molar-refractivity contribution in [2.45, 2.75) is 6.18 Å². The molecule has 0 saturated carbocycles. The summed E-state index contributed by atoms with van der Waals surface area (Å²) in [6.07, 6.45) is -4.21. The molecule has 0 aliphatic carbocycles. The fourth-order valence-electron chi connectivity index (χ4n) is 0.926. The highest BCUT2D eigenvalue weighted by molar-refractivity contribution is 4.62. The fraction of sp³-hybridized carbons (Fsp3) is 1.00. The Labute approximate surface area is 80.7 Å². The van der Waals surface area contributed by atoms with Crippen molar-refractivity contribution < 1.29 is 22.7 Å². The van der Waals surface area contributed by atoms with Crippen molar-refractivity contribution in [3.05, 3.63) is 0 Å². The van der Waals surface area contributed by atoms with E-state index < -0.39 is 12.7 Å². The van der Waals surface area contributed by atoms with Crippen LogP contribution in [0.3, 0.4) is 0 Å². The molecule has 0 bridgehead atoms. The van der Waals surface area contributed by atoms with Crippen molar-refractivity contribution in [2.24, 2.45) is 5.90 Å². The van der Waals surface area contributed by atoms with Gasteiger partial charge in [0.2, 0.25) is 0 Å². The van der Waals surface area contributed by atoms with Crippen molar-refractivity contribution >= 4 is 0 Å². The van der Waals surface area contributed by atoms with Crippen LogP contribution in [-0.2, 0) is 9.57 Å². The highest BCUT2D eigenvalue weighted by Crippen LogP contribution is 2.15. The number of halogens is 3. The van der Waals surface area contributed by atoms with Crippen LogP contribution in [0.25, 0.3) is 0 Å². The van der Waals surface area contributed by atoms with E-state index in [9.17, 15) is 13.2 Å². The summed E-state index contributed by atoms with van der Waals surface area (Å²) >= 11 is 0. The molecule has 0 aromatic carbocycles. The molecule has 0 heterocycles. The van der Waals surface area contributed by atoms with Gasteiger partial charge in [-0.05, 0) is 0 Å². The van der Waals surface area contributed by atoms with Gasteiger partial charge < -0.3 is 9.57 Å². The molecule has 0 aromatic heterocycles. The summed E-state index contributed by atoms with van der Waals surface area (Å²) in [5.74, 6) is 4.73. The summed E-state index contributed by atoms with van der Waals surface area (Å²) in [5, 5.41) is 0. The Kier molecular flexibility index (Phi) is 6.81. The predicted molar refractivity (Wildman–Crippen MR) is 44.5 cm³/mol. The van der Waals surface area contributed by atoms with Gasteiger partial charge in [0.15, 0.2) is 0 Å². The molecule has 0 rings (SSSR count). The number of alkyl halides is 3. The van der Waals surface area contributed by atoms with Crippen LogP contribution in [-0.4, -0.2) is 51.0 Å². The van der Waals surface area contributed by atoms with Gasteiger partial charge in [0.25, 0.3) is 0 Å². The summed E-state index contributed by atoms with van der Waals surface area (Å²) in [6.45, 7) is -0.307. The van der Waals surface area contributed by atoms with Crippen LogP contribution >= 0.6 is 0 Å². The van der Waals surface area contributed by atoms with E-state index in [1.807, 2.05) is 0 Å². The number of hydrogen-bond acceptors (Lipinski definition) is 4. The molecule has 7 heteroatoms. The maximum Gasteiger partial charge on any atom is 0.401 e. The maximum atomic E-state index is 12.0. The van der Waals surface area contributed by atoms with Crippen LogP contribution in [0.5, 0.6) is 0 Å². The first-order valence-corrected chi connectivity index (χ1v) is 4.09. The lowest BCUT2D eigenvalue weighted by atomic mass is 10.4. The highest BCUT2D eigenvalue weighted by atomic mass is 19.4. The van der Waals surface area contributed by atoms with E-state index in [0.717, 1.165) is 0 Å². The minimum atomic E-state index is -4.21.